The molecule has 0 saturated carbocycles. The maximum atomic E-state index is 12.3. The Morgan fingerprint density at radius 3 is 2.43 bits per heavy atom. The van der Waals surface area contributed by atoms with E-state index in [0.717, 1.165) is 12.0 Å². The molecule has 2 rings (SSSR count). The summed E-state index contributed by atoms with van der Waals surface area (Å²) in [6, 6.07) is 14.6. The van der Waals surface area contributed by atoms with Crippen molar-refractivity contribution >= 4 is 11.8 Å². The fraction of sp³-hybridized carbons (Fsp3) is 0.364. The van der Waals surface area contributed by atoms with Crippen LogP contribution in [0.4, 0.5) is 0 Å². The van der Waals surface area contributed by atoms with E-state index in [1.165, 1.54) is 7.11 Å². The zero-order valence-electron chi connectivity index (χ0n) is 16.7. The molecular weight excluding hydrogens is 356 g/mol. The van der Waals surface area contributed by atoms with Gasteiger partial charge in [0.2, 0.25) is 5.91 Å². The summed E-state index contributed by atoms with van der Waals surface area (Å²) in [5.74, 6) is 0.942. The normalized spacial score (nSPS) is 10.4. The maximum absolute atomic E-state index is 12.3. The largest absolute Gasteiger partial charge is 0.493 e. The van der Waals surface area contributed by atoms with Crippen LogP contribution in [0.1, 0.15) is 42.6 Å². The lowest BCUT2D eigenvalue weighted by Gasteiger charge is -2.13. The fourth-order valence-corrected chi connectivity index (χ4v) is 2.50. The lowest BCUT2D eigenvalue weighted by atomic mass is 10.1. The van der Waals surface area contributed by atoms with Gasteiger partial charge in [0.1, 0.15) is 0 Å². The monoisotopic (exact) mass is 384 g/mol. The standard InChI is InChI=1S/C22H28N2O4/c1-16(2)13-14-28-19-11-10-18(15-20(19)27-3)22(26)24-23-21(25)12-9-17-7-5-4-6-8-17/h4-8,10-11,15-16H,9,12-14H2,1-3H3,(H,23,25)(H,24,26). The molecule has 150 valence electrons. The van der Waals surface area contributed by atoms with Gasteiger partial charge in [-0.3, -0.25) is 20.4 Å². The number of hydrazine groups is 1. The molecule has 6 heteroatoms. The highest BCUT2D eigenvalue weighted by molar-refractivity contribution is 5.96. The van der Waals surface area contributed by atoms with Gasteiger partial charge in [-0.2, -0.15) is 0 Å². The molecule has 0 aliphatic heterocycles. The third-order valence-corrected chi connectivity index (χ3v) is 4.18. The third-order valence-electron chi connectivity index (χ3n) is 4.18. The molecule has 2 N–H and O–H groups in total. The summed E-state index contributed by atoms with van der Waals surface area (Å²) in [7, 11) is 1.53. The summed E-state index contributed by atoms with van der Waals surface area (Å²) < 4.78 is 11.0. The number of methoxy groups -OCH3 is 1. The Labute approximate surface area is 166 Å². The predicted octanol–water partition coefficient (Wildman–Crippen LogP) is 3.51. The number of nitrogens with one attached hydrogen (secondary N) is 2. The summed E-state index contributed by atoms with van der Waals surface area (Å²) in [5.41, 5.74) is 6.31. The van der Waals surface area contributed by atoms with Gasteiger partial charge in [0, 0.05) is 12.0 Å². The number of hydrogen-bond donors (Lipinski definition) is 2. The SMILES string of the molecule is COc1cc(C(=O)NNC(=O)CCc2ccccc2)ccc1OCCC(C)C. The quantitative estimate of drug-likeness (QED) is 0.649. The van der Waals surface area contributed by atoms with Gasteiger partial charge in [-0.25, -0.2) is 0 Å². The van der Waals surface area contributed by atoms with Crippen LogP contribution in [-0.2, 0) is 11.2 Å². The Hall–Kier alpha value is -3.02. The van der Waals surface area contributed by atoms with E-state index in [4.69, 9.17) is 9.47 Å². The van der Waals surface area contributed by atoms with Crippen LogP contribution in [0.3, 0.4) is 0 Å². The highest BCUT2D eigenvalue weighted by Gasteiger charge is 2.12. The minimum Gasteiger partial charge on any atom is -0.493 e. The van der Waals surface area contributed by atoms with Crippen molar-refractivity contribution in [2.24, 2.45) is 5.92 Å². The number of hydrogen-bond acceptors (Lipinski definition) is 4. The molecule has 0 spiro atoms. The van der Waals surface area contributed by atoms with Crippen LogP contribution in [0.5, 0.6) is 11.5 Å². The van der Waals surface area contributed by atoms with Crippen molar-refractivity contribution in [3.05, 3.63) is 59.7 Å². The minimum absolute atomic E-state index is 0.252. The van der Waals surface area contributed by atoms with Crippen molar-refractivity contribution < 1.29 is 19.1 Å². The van der Waals surface area contributed by atoms with Crippen molar-refractivity contribution in [2.75, 3.05) is 13.7 Å². The van der Waals surface area contributed by atoms with Gasteiger partial charge in [0.15, 0.2) is 11.5 Å². The van der Waals surface area contributed by atoms with E-state index in [9.17, 15) is 9.59 Å². The van der Waals surface area contributed by atoms with Crippen molar-refractivity contribution in [1.29, 1.82) is 0 Å². The van der Waals surface area contributed by atoms with Crippen molar-refractivity contribution in [1.82, 2.24) is 10.9 Å². The van der Waals surface area contributed by atoms with Gasteiger partial charge in [-0.05, 0) is 42.5 Å². The first-order valence-electron chi connectivity index (χ1n) is 9.43. The summed E-state index contributed by atoms with van der Waals surface area (Å²) in [4.78, 5) is 24.2. The number of benzene rings is 2. The summed E-state index contributed by atoms with van der Waals surface area (Å²) in [5, 5.41) is 0. The second-order valence-electron chi connectivity index (χ2n) is 6.88. The number of amides is 2. The first-order valence-corrected chi connectivity index (χ1v) is 9.43. The first kappa shape index (κ1) is 21.3. The summed E-state index contributed by atoms with van der Waals surface area (Å²) in [6.07, 6.45) is 1.83. The molecule has 0 atom stereocenters. The van der Waals surface area contributed by atoms with Crippen LogP contribution >= 0.6 is 0 Å². The molecule has 2 amide bonds. The Bertz CT molecular complexity index is 775. The molecular formula is C22H28N2O4. The second kappa shape index (κ2) is 11.0. The number of rotatable bonds is 9. The molecule has 2 aromatic rings. The van der Waals surface area contributed by atoms with Gasteiger partial charge in [0.05, 0.1) is 13.7 Å². The first-order chi connectivity index (χ1) is 13.5. The maximum Gasteiger partial charge on any atom is 0.269 e. The van der Waals surface area contributed by atoms with Gasteiger partial charge < -0.3 is 9.47 Å². The van der Waals surface area contributed by atoms with E-state index in [1.54, 1.807) is 18.2 Å². The molecule has 0 aromatic heterocycles. The molecule has 6 nitrogen and oxygen atoms in total. The average Bonchev–Trinajstić information content (AvgIpc) is 2.71. The number of aryl methyl sites for hydroxylation is 1. The van der Waals surface area contributed by atoms with Crippen LogP contribution in [0.15, 0.2) is 48.5 Å². The van der Waals surface area contributed by atoms with E-state index >= 15 is 0 Å². The lowest BCUT2D eigenvalue weighted by Crippen LogP contribution is -2.41. The number of carbonyl (C=O) groups excluding carboxylic acids is 2. The van der Waals surface area contributed by atoms with E-state index < -0.39 is 5.91 Å². The molecule has 0 radical (unpaired) electrons. The van der Waals surface area contributed by atoms with Gasteiger partial charge in [0.25, 0.3) is 5.91 Å². The lowest BCUT2D eigenvalue weighted by molar-refractivity contribution is -0.121. The molecule has 2 aromatic carbocycles. The summed E-state index contributed by atoms with van der Waals surface area (Å²) in [6.45, 7) is 4.83. The van der Waals surface area contributed by atoms with Gasteiger partial charge >= 0.3 is 0 Å². The number of ether oxygens (including phenoxy) is 2. The van der Waals surface area contributed by atoms with Gasteiger partial charge in [-0.1, -0.05) is 44.2 Å². The van der Waals surface area contributed by atoms with E-state index in [2.05, 4.69) is 24.7 Å². The Morgan fingerprint density at radius 2 is 1.75 bits per heavy atom. The Kier molecular flexibility index (Phi) is 8.34. The molecule has 28 heavy (non-hydrogen) atoms. The molecule has 0 aliphatic carbocycles. The van der Waals surface area contributed by atoms with Crippen LogP contribution in [-0.4, -0.2) is 25.5 Å². The van der Waals surface area contributed by atoms with Crippen LogP contribution < -0.4 is 20.3 Å². The Morgan fingerprint density at radius 1 is 1.00 bits per heavy atom. The fourth-order valence-electron chi connectivity index (χ4n) is 2.50. The van der Waals surface area contributed by atoms with E-state index in [-0.39, 0.29) is 12.3 Å². The van der Waals surface area contributed by atoms with Crippen molar-refractivity contribution in [3.8, 4) is 11.5 Å². The molecule has 0 unspecified atom stereocenters. The average molecular weight is 384 g/mol. The molecule has 0 aliphatic rings. The smallest absolute Gasteiger partial charge is 0.269 e. The van der Waals surface area contributed by atoms with Crippen LogP contribution in [0.2, 0.25) is 0 Å². The Balaban J connectivity index is 1.84. The molecule has 0 bridgehead atoms. The van der Waals surface area contributed by atoms with Crippen molar-refractivity contribution in [3.63, 3.8) is 0 Å². The second-order valence-corrected chi connectivity index (χ2v) is 6.88. The van der Waals surface area contributed by atoms with Crippen LogP contribution in [0.25, 0.3) is 0 Å². The van der Waals surface area contributed by atoms with Crippen molar-refractivity contribution in [2.45, 2.75) is 33.1 Å². The van der Waals surface area contributed by atoms with Crippen LogP contribution in [0, 0.1) is 5.92 Å². The van der Waals surface area contributed by atoms with E-state index in [0.29, 0.717) is 36.0 Å². The van der Waals surface area contributed by atoms with Gasteiger partial charge in [-0.15, -0.1) is 0 Å². The molecule has 0 heterocycles. The number of carbonyl (C=O) groups is 2. The van der Waals surface area contributed by atoms with E-state index in [1.807, 2.05) is 30.3 Å². The summed E-state index contributed by atoms with van der Waals surface area (Å²) >= 11 is 0. The molecule has 0 fully saturated rings. The highest BCUT2D eigenvalue weighted by atomic mass is 16.5. The zero-order valence-corrected chi connectivity index (χ0v) is 16.7. The topological polar surface area (TPSA) is 76.7 Å². The third kappa shape index (κ3) is 6.95. The minimum atomic E-state index is -0.417. The highest BCUT2D eigenvalue weighted by Crippen LogP contribution is 2.28. The predicted molar refractivity (Wildman–Crippen MR) is 108 cm³/mol. The molecule has 0 saturated heterocycles. The zero-order chi connectivity index (χ0) is 20.4.